The van der Waals surface area contributed by atoms with Crippen molar-refractivity contribution in [3.63, 3.8) is 0 Å². The smallest absolute Gasteiger partial charge is 0.356 e. The Labute approximate surface area is 188 Å². The van der Waals surface area contributed by atoms with Gasteiger partial charge in [-0.25, -0.2) is 14.3 Å². The highest BCUT2D eigenvalue weighted by atomic mass is 16.4. The molecule has 166 valence electrons. The molecule has 10 nitrogen and oxygen atoms in total. The van der Waals surface area contributed by atoms with E-state index in [2.05, 4.69) is 61.9 Å². The van der Waals surface area contributed by atoms with Crippen LogP contribution in [0, 0.1) is 6.92 Å². The number of carbonyl (C=O) groups is 1. The minimum atomic E-state index is -1.05. The summed E-state index contributed by atoms with van der Waals surface area (Å²) in [5, 5.41) is 28.5. The number of nitrogens with zero attached hydrogens (tertiary/aromatic N) is 7. The number of tetrazole rings is 1. The van der Waals surface area contributed by atoms with Crippen LogP contribution >= 0.6 is 0 Å². The highest BCUT2D eigenvalue weighted by Crippen LogP contribution is 2.30. The van der Waals surface area contributed by atoms with Gasteiger partial charge >= 0.3 is 5.97 Å². The Hall–Kier alpha value is -4.34. The molecule has 0 unspecified atom stereocenters. The average molecular weight is 442 g/mol. The Morgan fingerprint density at radius 1 is 1.09 bits per heavy atom. The van der Waals surface area contributed by atoms with Crippen LogP contribution in [0.3, 0.4) is 0 Å². The van der Waals surface area contributed by atoms with Gasteiger partial charge in [-0.1, -0.05) is 55.5 Å². The summed E-state index contributed by atoms with van der Waals surface area (Å²) in [4.78, 5) is 15.9. The van der Waals surface area contributed by atoms with E-state index in [-0.39, 0.29) is 5.69 Å². The summed E-state index contributed by atoms with van der Waals surface area (Å²) >= 11 is 0. The van der Waals surface area contributed by atoms with Gasteiger partial charge in [-0.15, -0.1) is 10.2 Å². The number of H-pyrrole nitrogens is 1. The van der Waals surface area contributed by atoms with E-state index < -0.39 is 5.97 Å². The summed E-state index contributed by atoms with van der Waals surface area (Å²) < 4.78 is 3.62. The quantitative estimate of drug-likeness (QED) is 0.395. The molecule has 0 saturated carbocycles. The second-order valence-corrected chi connectivity index (χ2v) is 7.79. The zero-order valence-electron chi connectivity index (χ0n) is 18.2. The normalized spacial score (nSPS) is 11.3. The molecule has 0 radical (unpaired) electrons. The monoisotopic (exact) mass is 442 g/mol. The molecule has 2 N–H and O–H groups in total. The predicted molar refractivity (Wildman–Crippen MR) is 121 cm³/mol. The molecule has 33 heavy (non-hydrogen) atoms. The van der Waals surface area contributed by atoms with Crippen LogP contribution in [-0.4, -0.2) is 50.9 Å². The molecular formula is C23H22N8O2. The number of aryl methyl sites for hydroxylation is 2. The maximum Gasteiger partial charge on any atom is 0.356 e. The van der Waals surface area contributed by atoms with Crippen LogP contribution in [0.2, 0.25) is 0 Å². The van der Waals surface area contributed by atoms with Crippen molar-refractivity contribution in [3.8, 4) is 22.5 Å². The van der Waals surface area contributed by atoms with Gasteiger partial charge in [0.15, 0.2) is 5.69 Å². The van der Waals surface area contributed by atoms with E-state index in [1.165, 1.54) is 0 Å². The van der Waals surface area contributed by atoms with E-state index in [0.29, 0.717) is 23.8 Å². The first-order chi connectivity index (χ1) is 16.1. The van der Waals surface area contributed by atoms with Crippen LogP contribution in [0.15, 0.2) is 48.5 Å². The molecule has 0 aliphatic rings. The number of nitrogens with one attached hydrogen (secondary N) is 1. The van der Waals surface area contributed by atoms with E-state index in [4.69, 9.17) is 0 Å². The molecule has 0 spiro atoms. The van der Waals surface area contributed by atoms with E-state index in [1.54, 1.807) is 11.4 Å². The first-order valence-electron chi connectivity index (χ1n) is 10.7. The summed E-state index contributed by atoms with van der Waals surface area (Å²) in [6, 6.07) is 16.1. The minimum Gasteiger partial charge on any atom is -0.476 e. The molecule has 0 aliphatic heterocycles. The molecular weight excluding hydrogens is 420 g/mol. The first-order valence-corrected chi connectivity index (χ1v) is 10.7. The van der Waals surface area contributed by atoms with E-state index in [9.17, 15) is 9.90 Å². The minimum absolute atomic E-state index is 0.0303. The van der Waals surface area contributed by atoms with Gasteiger partial charge in [-0.05, 0) is 35.2 Å². The highest BCUT2D eigenvalue weighted by Gasteiger charge is 2.21. The zero-order valence-corrected chi connectivity index (χ0v) is 18.2. The Kier molecular flexibility index (Phi) is 5.17. The first kappa shape index (κ1) is 20.6. The standard InChI is InChI=1S/C23H22N8O2/c1-3-6-19-27-31-14(2)20(22(32)33)24-23(31)30(19)13-15-9-11-16(12-10-15)17-7-4-5-8-18(17)21-25-28-29-26-21/h4-5,7-12H,3,6,13H2,1-2H3,(H,32,33)(H,25,26,28,29). The third-order valence-corrected chi connectivity index (χ3v) is 5.63. The van der Waals surface area contributed by atoms with Crippen LogP contribution in [-0.2, 0) is 13.0 Å². The van der Waals surface area contributed by atoms with Crippen molar-refractivity contribution >= 4 is 11.7 Å². The van der Waals surface area contributed by atoms with Crippen molar-refractivity contribution in [2.75, 3.05) is 0 Å². The van der Waals surface area contributed by atoms with E-state index >= 15 is 0 Å². The maximum atomic E-state index is 11.5. The van der Waals surface area contributed by atoms with Gasteiger partial charge in [-0.2, -0.15) is 10.3 Å². The Morgan fingerprint density at radius 3 is 2.52 bits per heavy atom. The lowest BCUT2D eigenvalue weighted by Crippen LogP contribution is -2.07. The third-order valence-electron chi connectivity index (χ3n) is 5.63. The lowest BCUT2D eigenvalue weighted by Gasteiger charge is -2.10. The van der Waals surface area contributed by atoms with Gasteiger partial charge in [0.2, 0.25) is 11.6 Å². The number of fused-ring (bicyclic) bond motifs is 1. The molecule has 10 heteroatoms. The number of carboxylic acid groups (broad SMARTS) is 1. The summed E-state index contributed by atoms with van der Waals surface area (Å²) in [6.45, 7) is 4.36. The van der Waals surface area contributed by atoms with Crippen molar-refractivity contribution in [2.45, 2.75) is 33.2 Å². The molecule has 5 rings (SSSR count). The van der Waals surface area contributed by atoms with Gasteiger partial charge in [0, 0.05) is 12.0 Å². The number of hydrogen-bond donors (Lipinski definition) is 2. The lowest BCUT2D eigenvalue weighted by molar-refractivity contribution is 0.0690. The molecule has 0 atom stereocenters. The van der Waals surface area contributed by atoms with Gasteiger partial charge < -0.3 is 5.11 Å². The molecule has 0 fully saturated rings. The van der Waals surface area contributed by atoms with Crippen LogP contribution in [0.4, 0.5) is 0 Å². The summed E-state index contributed by atoms with van der Waals surface area (Å²) in [5.74, 6) is 0.918. The van der Waals surface area contributed by atoms with Crippen LogP contribution < -0.4 is 0 Å². The molecule has 3 heterocycles. The molecule has 5 aromatic rings. The highest BCUT2D eigenvalue weighted by molar-refractivity contribution is 5.87. The Bertz CT molecular complexity index is 1430. The van der Waals surface area contributed by atoms with Crippen LogP contribution in [0.5, 0.6) is 0 Å². The maximum absolute atomic E-state index is 11.5. The van der Waals surface area contributed by atoms with Crippen LogP contribution in [0.25, 0.3) is 28.3 Å². The van der Waals surface area contributed by atoms with Gasteiger partial charge in [0.1, 0.15) is 5.82 Å². The zero-order chi connectivity index (χ0) is 22.9. The van der Waals surface area contributed by atoms with Crippen molar-refractivity contribution in [1.29, 1.82) is 0 Å². The topological polar surface area (TPSA) is 127 Å². The number of carboxylic acids is 1. The lowest BCUT2D eigenvalue weighted by atomic mass is 9.98. The van der Waals surface area contributed by atoms with Gasteiger partial charge in [0.25, 0.3) is 0 Å². The average Bonchev–Trinajstić information content (AvgIpc) is 3.54. The molecule has 0 bridgehead atoms. The number of aromatic amines is 1. The van der Waals surface area contributed by atoms with Gasteiger partial charge in [-0.3, -0.25) is 4.57 Å². The molecule has 0 saturated heterocycles. The number of aromatic nitrogens is 8. The van der Waals surface area contributed by atoms with Crippen molar-refractivity contribution in [3.05, 3.63) is 71.3 Å². The number of imidazole rings is 1. The summed E-state index contributed by atoms with van der Waals surface area (Å²) in [7, 11) is 0. The van der Waals surface area contributed by atoms with Crippen molar-refractivity contribution in [2.24, 2.45) is 0 Å². The molecule has 3 aromatic heterocycles. The van der Waals surface area contributed by atoms with Crippen LogP contribution in [0.1, 0.15) is 40.9 Å². The van der Waals surface area contributed by atoms with E-state index in [0.717, 1.165) is 40.9 Å². The van der Waals surface area contributed by atoms with Crippen molar-refractivity contribution < 1.29 is 9.90 Å². The molecule has 0 aliphatic carbocycles. The fraction of sp³-hybridized carbons (Fsp3) is 0.217. The number of benzene rings is 2. The Balaban J connectivity index is 1.50. The fourth-order valence-electron chi connectivity index (χ4n) is 4.01. The SMILES string of the molecule is CCCc1nn2c(C)c(C(=O)O)nc2n1Cc1ccc(-c2ccccc2-c2nn[nH]n2)cc1. The number of hydrogen-bond acceptors (Lipinski definition) is 6. The van der Waals surface area contributed by atoms with Gasteiger partial charge in [0.05, 0.1) is 12.2 Å². The number of aromatic carboxylic acids is 1. The molecule has 0 amide bonds. The number of rotatable bonds is 7. The summed E-state index contributed by atoms with van der Waals surface area (Å²) in [6.07, 6.45) is 1.71. The Morgan fingerprint density at radius 2 is 1.85 bits per heavy atom. The van der Waals surface area contributed by atoms with E-state index in [1.807, 2.05) is 28.8 Å². The largest absolute Gasteiger partial charge is 0.476 e. The third kappa shape index (κ3) is 3.65. The molecule has 2 aromatic carbocycles. The predicted octanol–water partition coefficient (Wildman–Crippen LogP) is 3.39. The summed E-state index contributed by atoms with van der Waals surface area (Å²) in [5.41, 5.74) is 4.57. The second kappa shape index (κ2) is 8.30. The fourth-order valence-corrected chi connectivity index (χ4v) is 4.01. The second-order valence-electron chi connectivity index (χ2n) is 7.79. The van der Waals surface area contributed by atoms with Crippen molar-refractivity contribution in [1.82, 2.24) is 39.8 Å².